The maximum Gasteiger partial charge on any atom is 0.460 e. The van der Waals surface area contributed by atoms with E-state index in [1.807, 2.05) is 13.8 Å². The predicted octanol–water partition coefficient (Wildman–Crippen LogP) is 6.94. The smallest absolute Gasteiger partial charge is 0.200 e. The predicted molar refractivity (Wildman–Crippen MR) is 61.7 cm³/mol. The van der Waals surface area contributed by atoms with Gasteiger partial charge in [0.1, 0.15) is 0 Å². The molecule has 0 bridgehead atoms. The van der Waals surface area contributed by atoms with E-state index in [0.717, 1.165) is 6.92 Å². The highest BCUT2D eigenvalue weighted by Gasteiger charge is 2.90. The van der Waals surface area contributed by atoms with Gasteiger partial charge in [0.2, 0.25) is 0 Å². The van der Waals surface area contributed by atoms with Crippen LogP contribution in [0, 0.1) is 0 Å². The molecule has 0 aromatic heterocycles. The highest BCUT2D eigenvalue weighted by atomic mass is 19.4. The standard InChI is InChI=1S/C10H9F13.C2H6/c1-2-3-4-5(11,12)6(13,14)7(15,16)8(17,18)9(19,20)10(21,22)23;1-2/h2-4H2,1H3;1-2H3. The first-order chi connectivity index (χ1) is 10.8. The molecule has 0 rings (SSSR count). The summed E-state index contributed by atoms with van der Waals surface area (Å²) in [6.45, 7) is 5.12. The van der Waals surface area contributed by atoms with Crippen molar-refractivity contribution >= 4 is 0 Å². The van der Waals surface area contributed by atoms with Crippen molar-refractivity contribution in [2.45, 2.75) is 75.8 Å². The van der Waals surface area contributed by atoms with Crippen LogP contribution in [-0.4, -0.2) is 35.8 Å². The van der Waals surface area contributed by atoms with Crippen molar-refractivity contribution in [3.63, 3.8) is 0 Å². The van der Waals surface area contributed by atoms with Crippen LogP contribution in [0.25, 0.3) is 0 Å². The van der Waals surface area contributed by atoms with E-state index in [-0.39, 0.29) is 6.42 Å². The monoisotopic (exact) mass is 406 g/mol. The van der Waals surface area contributed by atoms with E-state index in [4.69, 9.17) is 0 Å². The van der Waals surface area contributed by atoms with Gasteiger partial charge >= 0.3 is 35.8 Å². The van der Waals surface area contributed by atoms with Crippen LogP contribution in [0.5, 0.6) is 0 Å². The zero-order valence-corrected chi connectivity index (χ0v) is 13.0. The van der Waals surface area contributed by atoms with Crippen LogP contribution in [-0.2, 0) is 0 Å². The first kappa shape index (κ1) is 26.3. The molecule has 0 aromatic rings. The molecule has 0 aliphatic rings. The van der Waals surface area contributed by atoms with Crippen LogP contribution < -0.4 is 0 Å². The van der Waals surface area contributed by atoms with Crippen molar-refractivity contribution < 1.29 is 57.1 Å². The molecule has 0 unspecified atom stereocenters. The molecule has 0 aromatic carbocycles. The van der Waals surface area contributed by atoms with Crippen LogP contribution in [0.1, 0.15) is 40.0 Å². The molecule has 0 atom stereocenters. The highest BCUT2D eigenvalue weighted by Crippen LogP contribution is 2.60. The minimum Gasteiger partial charge on any atom is -0.200 e. The van der Waals surface area contributed by atoms with Gasteiger partial charge in [-0.05, 0) is 6.42 Å². The lowest BCUT2D eigenvalue weighted by atomic mass is 9.92. The molecule has 13 heteroatoms. The Bertz CT molecular complexity index is 408. The normalized spacial score (nSPS) is 14.9. The molecule has 25 heavy (non-hydrogen) atoms. The second-order valence-electron chi connectivity index (χ2n) is 4.60. The molecule has 0 aliphatic carbocycles. The summed E-state index contributed by atoms with van der Waals surface area (Å²) in [6, 6.07) is 0. The summed E-state index contributed by atoms with van der Waals surface area (Å²) in [5.41, 5.74) is 0. The third kappa shape index (κ3) is 4.26. The van der Waals surface area contributed by atoms with Gasteiger partial charge in [-0.3, -0.25) is 0 Å². The first-order valence-corrected chi connectivity index (χ1v) is 6.77. The summed E-state index contributed by atoms with van der Waals surface area (Å²) in [4.78, 5) is 0. The Morgan fingerprint density at radius 2 is 0.840 bits per heavy atom. The third-order valence-electron chi connectivity index (χ3n) is 2.84. The summed E-state index contributed by atoms with van der Waals surface area (Å²) < 4.78 is 164. The Morgan fingerprint density at radius 1 is 0.520 bits per heavy atom. The number of unbranched alkanes of at least 4 members (excludes halogenated alkanes) is 1. The maximum atomic E-state index is 13.0. The van der Waals surface area contributed by atoms with Crippen molar-refractivity contribution in [3.05, 3.63) is 0 Å². The second kappa shape index (κ2) is 7.77. The summed E-state index contributed by atoms with van der Waals surface area (Å²) >= 11 is 0. The van der Waals surface area contributed by atoms with Gasteiger partial charge in [-0.2, -0.15) is 57.1 Å². The van der Waals surface area contributed by atoms with E-state index in [2.05, 4.69) is 0 Å². The lowest BCUT2D eigenvalue weighted by molar-refractivity contribution is -0.440. The topological polar surface area (TPSA) is 0 Å². The van der Waals surface area contributed by atoms with Gasteiger partial charge in [0.25, 0.3) is 0 Å². The number of rotatable bonds is 7. The van der Waals surface area contributed by atoms with E-state index in [1.165, 1.54) is 0 Å². The fourth-order valence-electron chi connectivity index (χ4n) is 1.36. The third-order valence-corrected chi connectivity index (χ3v) is 2.84. The van der Waals surface area contributed by atoms with Gasteiger partial charge < -0.3 is 0 Å². The Hall–Kier alpha value is -0.910. The van der Waals surface area contributed by atoms with Gasteiger partial charge in [-0.1, -0.05) is 27.2 Å². The molecule has 0 amide bonds. The van der Waals surface area contributed by atoms with E-state index in [9.17, 15) is 57.1 Å². The zero-order valence-electron chi connectivity index (χ0n) is 13.0. The van der Waals surface area contributed by atoms with Gasteiger partial charge in [0, 0.05) is 6.42 Å². The molecule has 0 nitrogen and oxygen atoms in total. The van der Waals surface area contributed by atoms with Crippen LogP contribution in [0.2, 0.25) is 0 Å². The molecule has 0 heterocycles. The fraction of sp³-hybridized carbons (Fsp3) is 1.00. The molecule has 0 saturated heterocycles. The summed E-state index contributed by atoms with van der Waals surface area (Å²) in [6.07, 6.45) is -10.7. The SMILES string of the molecule is CC.CCCCC(F)(F)C(F)(F)C(F)(F)C(F)(F)C(F)(F)C(F)(F)F. The molecule has 0 radical (unpaired) electrons. The molecular weight excluding hydrogens is 391 g/mol. The lowest BCUT2D eigenvalue weighted by Crippen LogP contribution is -2.70. The molecule has 0 fully saturated rings. The average molecular weight is 406 g/mol. The minimum absolute atomic E-state index is 0.285. The highest BCUT2D eigenvalue weighted by molar-refractivity contribution is 5.10. The van der Waals surface area contributed by atoms with E-state index >= 15 is 0 Å². The van der Waals surface area contributed by atoms with Crippen molar-refractivity contribution in [1.29, 1.82) is 0 Å². The molecule has 0 saturated carbocycles. The van der Waals surface area contributed by atoms with Crippen molar-refractivity contribution in [2.24, 2.45) is 0 Å². The average Bonchev–Trinajstić information content (AvgIpc) is 2.45. The molecule has 154 valence electrons. The quantitative estimate of drug-likeness (QED) is 0.402. The largest absolute Gasteiger partial charge is 0.460 e. The lowest BCUT2D eigenvalue weighted by Gasteiger charge is -2.39. The van der Waals surface area contributed by atoms with Crippen LogP contribution in [0.3, 0.4) is 0 Å². The number of hydrogen-bond acceptors (Lipinski definition) is 0. The van der Waals surface area contributed by atoms with Crippen LogP contribution in [0.15, 0.2) is 0 Å². The Kier molecular flexibility index (Phi) is 8.18. The Morgan fingerprint density at radius 3 is 1.12 bits per heavy atom. The van der Waals surface area contributed by atoms with Crippen LogP contribution >= 0.6 is 0 Å². The maximum absolute atomic E-state index is 13.0. The second-order valence-corrected chi connectivity index (χ2v) is 4.60. The van der Waals surface area contributed by atoms with Crippen molar-refractivity contribution in [3.8, 4) is 0 Å². The fourth-order valence-corrected chi connectivity index (χ4v) is 1.36. The van der Waals surface area contributed by atoms with E-state index in [1.54, 1.807) is 0 Å². The van der Waals surface area contributed by atoms with E-state index in [0.29, 0.717) is 0 Å². The van der Waals surface area contributed by atoms with Crippen molar-refractivity contribution in [1.82, 2.24) is 0 Å². The van der Waals surface area contributed by atoms with Gasteiger partial charge in [0.05, 0.1) is 0 Å². The summed E-state index contributed by atoms with van der Waals surface area (Å²) in [5.74, 6) is -36.2. The number of alkyl halides is 13. The van der Waals surface area contributed by atoms with Crippen molar-refractivity contribution in [2.75, 3.05) is 0 Å². The summed E-state index contributed by atoms with van der Waals surface area (Å²) in [5, 5.41) is 0. The Balaban J connectivity index is 0. The zero-order chi connectivity index (χ0) is 21.1. The minimum atomic E-state index is -7.81. The van der Waals surface area contributed by atoms with Gasteiger partial charge in [0.15, 0.2) is 0 Å². The molecule has 0 aliphatic heterocycles. The Labute approximate surface area is 134 Å². The van der Waals surface area contributed by atoms with Gasteiger partial charge in [-0.15, -0.1) is 0 Å². The molecular formula is C12H15F13. The number of halogens is 13. The van der Waals surface area contributed by atoms with Crippen LogP contribution in [0.4, 0.5) is 57.1 Å². The number of hydrogen-bond donors (Lipinski definition) is 0. The van der Waals surface area contributed by atoms with Gasteiger partial charge in [-0.25, -0.2) is 0 Å². The summed E-state index contributed by atoms with van der Waals surface area (Å²) in [7, 11) is 0. The molecule has 0 N–H and O–H groups in total. The molecule has 0 spiro atoms. The van der Waals surface area contributed by atoms with E-state index < -0.39 is 48.6 Å². The first-order valence-electron chi connectivity index (χ1n) is 6.77.